The van der Waals surface area contributed by atoms with Gasteiger partial charge in [0, 0.05) is 12.1 Å². The van der Waals surface area contributed by atoms with Crippen LogP contribution in [0.25, 0.3) is 16.7 Å². The number of methoxy groups -OCH3 is 1. The highest BCUT2D eigenvalue weighted by atomic mass is 32.1. The lowest BCUT2D eigenvalue weighted by atomic mass is 10.2. The Bertz CT molecular complexity index is 834. The zero-order chi connectivity index (χ0) is 14.3. The van der Waals surface area contributed by atoms with Gasteiger partial charge in [-0.3, -0.25) is 4.57 Å². The highest BCUT2D eigenvalue weighted by Crippen LogP contribution is 2.24. The maximum atomic E-state index is 13.4. The minimum absolute atomic E-state index is 0.337. The topological polar surface area (TPSA) is 29.9 Å². The smallest absolute Gasteiger partial charge is 0.182 e. The summed E-state index contributed by atoms with van der Waals surface area (Å²) in [6, 6.07) is 8.61. The first kappa shape index (κ1) is 12.8. The summed E-state index contributed by atoms with van der Waals surface area (Å²) in [7, 11) is 1.56. The predicted molar refractivity (Wildman–Crippen MR) is 74.9 cm³/mol. The van der Waals surface area contributed by atoms with Gasteiger partial charge in [-0.25, -0.2) is 8.78 Å². The van der Waals surface area contributed by atoms with Crippen LogP contribution in [0.4, 0.5) is 8.78 Å². The zero-order valence-electron chi connectivity index (χ0n) is 10.5. The van der Waals surface area contributed by atoms with Crippen molar-refractivity contribution >= 4 is 23.3 Å². The summed E-state index contributed by atoms with van der Waals surface area (Å²) in [6.07, 6.45) is 0. The maximum Gasteiger partial charge on any atom is 0.182 e. The van der Waals surface area contributed by atoms with Crippen LogP contribution in [-0.2, 0) is 0 Å². The van der Waals surface area contributed by atoms with Crippen molar-refractivity contribution in [3.63, 3.8) is 0 Å². The molecule has 2 aromatic carbocycles. The van der Waals surface area contributed by atoms with Crippen molar-refractivity contribution in [2.75, 3.05) is 7.11 Å². The number of nitrogens with zero attached hydrogens (tertiary/aromatic N) is 1. The third-order valence-electron chi connectivity index (χ3n) is 2.99. The third-order valence-corrected chi connectivity index (χ3v) is 3.28. The molecule has 3 rings (SSSR count). The lowest BCUT2D eigenvalue weighted by Gasteiger charge is -2.06. The Morgan fingerprint density at radius 1 is 1.10 bits per heavy atom. The van der Waals surface area contributed by atoms with Crippen LogP contribution in [-0.4, -0.2) is 16.7 Å². The molecule has 6 heteroatoms. The molecule has 0 aliphatic carbocycles. The number of benzene rings is 2. The molecule has 20 heavy (non-hydrogen) atoms. The molecule has 1 heterocycles. The Morgan fingerprint density at radius 3 is 2.45 bits per heavy atom. The molecule has 3 aromatic rings. The molecule has 0 radical (unpaired) electrons. The van der Waals surface area contributed by atoms with Crippen LogP contribution in [0.2, 0.25) is 0 Å². The zero-order valence-corrected chi connectivity index (χ0v) is 11.3. The lowest BCUT2D eigenvalue weighted by Crippen LogP contribution is -1.96. The quantitative estimate of drug-likeness (QED) is 0.724. The average molecular weight is 292 g/mol. The van der Waals surface area contributed by atoms with Crippen molar-refractivity contribution in [2.24, 2.45) is 0 Å². The Kier molecular flexibility index (Phi) is 3.02. The van der Waals surface area contributed by atoms with E-state index in [1.54, 1.807) is 29.9 Å². The van der Waals surface area contributed by atoms with Gasteiger partial charge in [0.2, 0.25) is 0 Å². The first-order valence-corrected chi connectivity index (χ1v) is 6.24. The summed E-state index contributed by atoms with van der Waals surface area (Å²) in [5, 5.41) is 0. The van der Waals surface area contributed by atoms with Crippen LogP contribution in [0, 0.1) is 16.4 Å². The number of rotatable bonds is 2. The van der Waals surface area contributed by atoms with Crippen LogP contribution in [0.3, 0.4) is 0 Å². The summed E-state index contributed by atoms with van der Waals surface area (Å²) in [5.74, 6) is -0.624. The molecule has 0 bridgehead atoms. The Hall–Kier alpha value is -2.21. The minimum atomic E-state index is -0.648. The second kappa shape index (κ2) is 4.72. The van der Waals surface area contributed by atoms with Crippen molar-refractivity contribution < 1.29 is 13.5 Å². The van der Waals surface area contributed by atoms with E-state index in [-0.39, 0.29) is 0 Å². The fraction of sp³-hybridized carbons (Fsp3) is 0.0714. The van der Waals surface area contributed by atoms with E-state index in [0.29, 0.717) is 16.2 Å². The molecule has 0 saturated carbocycles. The molecule has 0 aliphatic heterocycles. The van der Waals surface area contributed by atoms with Crippen molar-refractivity contribution in [2.45, 2.75) is 0 Å². The number of hydrogen-bond donors (Lipinski definition) is 1. The van der Waals surface area contributed by atoms with Crippen LogP contribution in [0.1, 0.15) is 0 Å². The number of halogens is 2. The maximum absolute atomic E-state index is 13.4. The predicted octanol–water partition coefficient (Wildman–Crippen LogP) is 3.97. The van der Waals surface area contributed by atoms with Gasteiger partial charge < -0.3 is 9.72 Å². The first-order chi connectivity index (χ1) is 9.58. The molecule has 0 fully saturated rings. The number of ether oxygens (including phenoxy) is 1. The molecule has 0 amide bonds. The lowest BCUT2D eigenvalue weighted by molar-refractivity contribution is 0.415. The third kappa shape index (κ3) is 2.08. The average Bonchev–Trinajstić information content (AvgIpc) is 2.72. The van der Waals surface area contributed by atoms with Crippen molar-refractivity contribution in [3.05, 3.63) is 52.8 Å². The minimum Gasteiger partial charge on any atom is -0.497 e. The fourth-order valence-electron chi connectivity index (χ4n) is 2.14. The number of hydrogen-bond acceptors (Lipinski definition) is 2. The standard InChI is InChI=1S/C14H10F2N2OS/c1-19-11-2-3-13-12(7-11)17-14(20)18(13)10-5-8(15)4-9(16)6-10/h2-7H,1H3,(H,17,20). The van der Waals surface area contributed by atoms with Gasteiger partial charge in [-0.1, -0.05) is 0 Å². The summed E-state index contributed by atoms with van der Waals surface area (Å²) < 4.78 is 33.8. The van der Waals surface area contributed by atoms with Gasteiger partial charge in [0.25, 0.3) is 0 Å². The summed E-state index contributed by atoms with van der Waals surface area (Å²) in [6.45, 7) is 0. The monoisotopic (exact) mass is 292 g/mol. The Labute approximate surface area is 118 Å². The molecule has 1 aromatic heterocycles. The van der Waals surface area contributed by atoms with Crippen molar-refractivity contribution in [3.8, 4) is 11.4 Å². The van der Waals surface area contributed by atoms with Crippen LogP contribution >= 0.6 is 12.2 Å². The first-order valence-electron chi connectivity index (χ1n) is 5.84. The second-order valence-electron chi connectivity index (χ2n) is 4.28. The van der Waals surface area contributed by atoms with E-state index in [2.05, 4.69) is 4.98 Å². The molecule has 0 atom stereocenters. The SMILES string of the molecule is COc1ccc2c(c1)[nH]c(=S)n2-c1cc(F)cc(F)c1. The van der Waals surface area contributed by atoms with E-state index in [9.17, 15) is 8.78 Å². The van der Waals surface area contributed by atoms with Crippen LogP contribution in [0.5, 0.6) is 5.75 Å². The van der Waals surface area contributed by atoms with Crippen LogP contribution in [0.15, 0.2) is 36.4 Å². The van der Waals surface area contributed by atoms with E-state index in [0.717, 1.165) is 17.1 Å². The number of fused-ring (bicyclic) bond motifs is 1. The molecule has 1 N–H and O–H groups in total. The molecule has 102 valence electrons. The molecule has 0 unspecified atom stereocenters. The number of aromatic amines is 1. The van der Waals surface area contributed by atoms with Crippen molar-refractivity contribution in [1.82, 2.24) is 9.55 Å². The molecular weight excluding hydrogens is 282 g/mol. The largest absolute Gasteiger partial charge is 0.497 e. The normalized spacial score (nSPS) is 10.9. The van der Waals surface area contributed by atoms with E-state index in [4.69, 9.17) is 17.0 Å². The van der Waals surface area contributed by atoms with Gasteiger partial charge in [-0.05, 0) is 36.5 Å². The van der Waals surface area contributed by atoms with E-state index in [1.165, 1.54) is 12.1 Å². The second-order valence-corrected chi connectivity index (χ2v) is 4.66. The fourth-order valence-corrected chi connectivity index (χ4v) is 2.46. The molecule has 3 nitrogen and oxygen atoms in total. The van der Waals surface area contributed by atoms with Gasteiger partial charge in [-0.15, -0.1) is 0 Å². The summed E-state index contributed by atoms with van der Waals surface area (Å²) >= 11 is 5.22. The Morgan fingerprint density at radius 2 is 1.80 bits per heavy atom. The number of nitrogens with one attached hydrogen (secondary N) is 1. The number of imidazole rings is 1. The van der Waals surface area contributed by atoms with Crippen LogP contribution < -0.4 is 4.74 Å². The molecule has 0 spiro atoms. The highest BCUT2D eigenvalue weighted by Gasteiger charge is 2.09. The summed E-state index contributed by atoms with van der Waals surface area (Å²) in [4.78, 5) is 2.99. The highest BCUT2D eigenvalue weighted by molar-refractivity contribution is 7.71. The van der Waals surface area contributed by atoms with E-state index >= 15 is 0 Å². The van der Waals surface area contributed by atoms with E-state index < -0.39 is 11.6 Å². The van der Waals surface area contributed by atoms with Gasteiger partial charge in [0.15, 0.2) is 4.77 Å². The van der Waals surface area contributed by atoms with Gasteiger partial charge in [-0.2, -0.15) is 0 Å². The number of H-pyrrole nitrogens is 1. The summed E-state index contributed by atoms with van der Waals surface area (Å²) in [5.41, 5.74) is 1.80. The Balaban J connectivity index is 2.30. The number of aromatic nitrogens is 2. The van der Waals surface area contributed by atoms with Gasteiger partial charge >= 0.3 is 0 Å². The van der Waals surface area contributed by atoms with Crippen molar-refractivity contribution in [1.29, 1.82) is 0 Å². The molecule has 0 saturated heterocycles. The molecular formula is C14H10F2N2OS. The van der Waals surface area contributed by atoms with Gasteiger partial charge in [0.1, 0.15) is 17.4 Å². The molecule has 0 aliphatic rings. The van der Waals surface area contributed by atoms with E-state index in [1.807, 2.05) is 0 Å². The van der Waals surface area contributed by atoms with Gasteiger partial charge in [0.05, 0.1) is 23.8 Å².